The van der Waals surface area contributed by atoms with Crippen molar-refractivity contribution in [3.05, 3.63) is 232 Å². The monoisotopic (exact) mass is 868 g/mol. The molecule has 0 aliphatic carbocycles. The van der Waals surface area contributed by atoms with Gasteiger partial charge in [-0.2, -0.15) is 5.26 Å². The van der Waals surface area contributed by atoms with Crippen molar-refractivity contribution in [2.45, 2.75) is 20.8 Å². The smallest absolute Gasteiger partial charge is 0.202 e. The summed E-state index contributed by atoms with van der Waals surface area (Å²) >= 11 is 0. The van der Waals surface area contributed by atoms with Crippen LogP contribution in [0.4, 0.5) is 39.8 Å². The SMILES string of the molecule is [C-]#[N+]c1c2ccc(/C=C\c3ccc(N(c4ccc(OC)cc4)c4ccc(OCC)cc4)cc3)cc2c(C#N)c2ccc(/C=C\c3ccc(N(c4ccc(C)cc4)c4ccc(C)cc4)cc3)cc12. The second kappa shape index (κ2) is 19.5. The van der Waals surface area contributed by atoms with Crippen molar-refractivity contribution in [2.24, 2.45) is 0 Å². The molecule has 0 radical (unpaired) electrons. The maximum Gasteiger partial charge on any atom is 0.202 e. The number of ether oxygens (including phenoxy) is 2. The van der Waals surface area contributed by atoms with Crippen LogP contribution in [0.3, 0.4) is 0 Å². The topological polar surface area (TPSA) is 53.1 Å². The number of fused-ring (bicyclic) bond motifs is 2. The highest BCUT2D eigenvalue weighted by Gasteiger charge is 2.17. The van der Waals surface area contributed by atoms with Gasteiger partial charge in [0, 0.05) is 34.1 Å². The van der Waals surface area contributed by atoms with Gasteiger partial charge in [-0.15, -0.1) is 0 Å². The predicted octanol–water partition coefficient (Wildman–Crippen LogP) is 16.7. The van der Waals surface area contributed by atoms with Crippen LogP contribution in [0.5, 0.6) is 11.5 Å². The summed E-state index contributed by atoms with van der Waals surface area (Å²) in [6.45, 7) is 15.1. The molecule has 0 spiro atoms. The Morgan fingerprint density at radius 1 is 0.478 bits per heavy atom. The Bertz CT molecular complexity index is 3300. The molecule has 0 saturated heterocycles. The van der Waals surface area contributed by atoms with E-state index in [0.29, 0.717) is 17.9 Å². The van der Waals surface area contributed by atoms with Crippen molar-refractivity contribution < 1.29 is 9.47 Å². The van der Waals surface area contributed by atoms with Crippen LogP contribution in [0.25, 0.3) is 50.7 Å². The largest absolute Gasteiger partial charge is 0.497 e. The molecule has 6 heteroatoms. The molecule has 0 heterocycles. The zero-order chi connectivity index (χ0) is 46.3. The lowest BCUT2D eigenvalue weighted by Crippen LogP contribution is -2.09. The molecule has 0 bridgehead atoms. The van der Waals surface area contributed by atoms with E-state index in [1.54, 1.807) is 7.11 Å². The number of aryl methyl sites for hydroxylation is 2. The van der Waals surface area contributed by atoms with Crippen LogP contribution in [0.1, 0.15) is 45.9 Å². The van der Waals surface area contributed by atoms with Crippen molar-refractivity contribution in [2.75, 3.05) is 23.5 Å². The molecule has 324 valence electrons. The van der Waals surface area contributed by atoms with Gasteiger partial charge < -0.3 is 19.3 Å². The number of nitriles is 1. The van der Waals surface area contributed by atoms with Crippen LogP contribution >= 0.6 is 0 Å². The van der Waals surface area contributed by atoms with Gasteiger partial charge in [0.1, 0.15) is 17.6 Å². The molecule has 9 aromatic carbocycles. The van der Waals surface area contributed by atoms with E-state index in [4.69, 9.17) is 16.0 Å². The summed E-state index contributed by atoms with van der Waals surface area (Å²) in [5.74, 6) is 1.62. The lowest BCUT2D eigenvalue weighted by molar-refractivity contribution is 0.340. The van der Waals surface area contributed by atoms with Crippen molar-refractivity contribution in [3.63, 3.8) is 0 Å². The molecule has 9 rings (SSSR count). The molecule has 67 heavy (non-hydrogen) atoms. The van der Waals surface area contributed by atoms with Gasteiger partial charge in [-0.1, -0.05) is 114 Å². The summed E-state index contributed by atoms with van der Waals surface area (Å²) < 4.78 is 11.1. The Labute approximate surface area is 393 Å². The van der Waals surface area contributed by atoms with Gasteiger partial charge in [0.05, 0.1) is 25.9 Å². The summed E-state index contributed by atoms with van der Waals surface area (Å²) in [5, 5.41) is 13.6. The van der Waals surface area contributed by atoms with E-state index in [9.17, 15) is 5.26 Å². The third-order valence-electron chi connectivity index (χ3n) is 11.9. The molecule has 0 unspecified atom stereocenters. The third-order valence-corrected chi connectivity index (χ3v) is 11.9. The van der Waals surface area contributed by atoms with Crippen LogP contribution in [-0.2, 0) is 0 Å². The number of anilines is 6. The molecular formula is C61H48N4O2. The highest BCUT2D eigenvalue weighted by atomic mass is 16.5. The van der Waals surface area contributed by atoms with Gasteiger partial charge in [-0.05, 0) is 168 Å². The van der Waals surface area contributed by atoms with Crippen molar-refractivity contribution in [1.82, 2.24) is 0 Å². The van der Waals surface area contributed by atoms with Crippen molar-refractivity contribution in [3.8, 4) is 17.6 Å². The first-order valence-electron chi connectivity index (χ1n) is 22.3. The maximum atomic E-state index is 10.6. The number of nitrogens with zero attached hydrogens (tertiary/aromatic N) is 4. The molecular weight excluding hydrogens is 821 g/mol. The quantitative estimate of drug-likeness (QED) is 0.0656. The van der Waals surface area contributed by atoms with Crippen molar-refractivity contribution in [1.29, 1.82) is 5.26 Å². The normalized spacial score (nSPS) is 11.2. The summed E-state index contributed by atoms with van der Waals surface area (Å²) in [6.07, 6.45) is 8.27. The fourth-order valence-electron chi connectivity index (χ4n) is 8.41. The van der Waals surface area contributed by atoms with Crippen LogP contribution in [0, 0.1) is 31.8 Å². The summed E-state index contributed by atoms with van der Waals surface area (Å²) in [7, 11) is 1.67. The van der Waals surface area contributed by atoms with Crippen LogP contribution < -0.4 is 19.3 Å². The predicted molar refractivity (Wildman–Crippen MR) is 280 cm³/mol. The van der Waals surface area contributed by atoms with E-state index in [1.165, 1.54) is 11.1 Å². The summed E-state index contributed by atoms with van der Waals surface area (Å²) in [5.41, 5.74) is 13.7. The Morgan fingerprint density at radius 3 is 1.27 bits per heavy atom. The van der Waals surface area contributed by atoms with Crippen LogP contribution in [0.15, 0.2) is 182 Å². The molecule has 6 nitrogen and oxygen atoms in total. The van der Waals surface area contributed by atoms with Gasteiger partial charge in [0.2, 0.25) is 5.69 Å². The second-order valence-corrected chi connectivity index (χ2v) is 16.4. The van der Waals surface area contributed by atoms with E-state index < -0.39 is 0 Å². The lowest BCUT2D eigenvalue weighted by atomic mass is 9.93. The van der Waals surface area contributed by atoms with E-state index in [1.807, 2.05) is 85.8 Å². The molecule has 9 aromatic rings. The lowest BCUT2D eigenvalue weighted by Gasteiger charge is -2.26. The number of hydrogen-bond acceptors (Lipinski definition) is 5. The average molecular weight is 869 g/mol. The average Bonchev–Trinajstić information content (AvgIpc) is 3.37. The molecule has 0 aromatic heterocycles. The molecule has 0 aliphatic rings. The minimum Gasteiger partial charge on any atom is -0.497 e. The Balaban J connectivity index is 0.964. The van der Waals surface area contributed by atoms with Gasteiger partial charge in [-0.25, -0.2) is 4.85 Å². The Kier molecular flexibility index (Phi) is 12.6. The van der Waals surface area contributed by atoms with E-state index in [0.717, 1.165) is 89.4 Å². The van der Waals surface area contributed by atoms with Crippen LogP contribution in [0.2, 0.25) is 0 Å². The number of hydrogen-bond donors (Lipinski definition) is 0. The van der Waals surface area contributed by atoms with Gasteiger partial charge >= 0.3 is 0 Å². The first-order chi connectivity index (χ1) is 32.8. The van der Waals surface area contributed by atoms with E-state index in [2.05, 4.69) is 162 Å². The fourth-order valence-corrected chi connectivity index (χ4v) is 8.41. The minimum absolute atomic E-state index is 0.538. The number of benzene rings is 9. The second-order valence-electron chi connectivity index (χ2n) is 16.4. The summed E-state index contributed by atoms with van der Waals surface area (Å²) in [4.78, 5) is 8.49. The van der Waals surface area contributed by atoms with Crippen LogP contribution in [-0.4, -0.2) is 13.7 Å². The highest BCUT2D eigenvalue weighted by Crippen LogP contribution is 2.41. The number of rotatable bonds is 13. The summed E-state index contributed by atoms with van der Waals surface area (Å²) in [6, 6.07) is 64.7. The Morgan fingerprint density at radius 2 is 0.851 bits per heavy atom. The van der Waals surface area contributed by atoms with Gasteiger partial charge in [-0.3, -0.25) is 0 Å². The molecule has 0 aliphatic heterocycles. The maximum absolute atomic E-state index is 10.6. The highest BCUT2D eigenvalue weighted by molar-refractivity contribution is 6.16. The molecule has 0 saturated carbocycles. The standard InChI is InChI=1S/C61H48N4O2/c1-6-67-55-35-31-53(32-36-55)65(52-29-33-54(66-5)34-30-52)51-27-17-44(18-28-51)11-13-46-20-38-57-58(39-46)60(41-62)56-37-19-47(40-59(56)61(57)63-4)14-12-45-15-25-50(26-16-45)64(48-21-7-42(2)8-22-48)49-23-9-43(3)10-24-49/h7-40H,6H2,1-3,5H3/b13-11-,14-12-. The minimum atomic E-state index is 0.538. The van der Waals surface area contributed by atoms with E-state index in [-0.39, 0.29) is 0 Å². The zero-order valence-electron chi connectivity index (χ0n) is 37.9. The van der Waals surface area contributed by atoms with Gasteiger partial charge in [0.15, 0.2) is 0 Å². The fraction of sp³-hybridized carbons (Fsp3) is 0.0820. The first kappa shape index (κ1) is 43.4. The number of methoxy groups -OCH3 is 1. The van der Waals surface area contributed by atoms with E-state index >= 15 is 0 Å². The molecule has 0 amide bonds. The Hall–Kier alpha value is -8.84. The molecule has 0 N–H and O–H groups in total. The third kappa shape index (κ3) is 9.38. The molecule has 0 fully saturated rings. The van der Waals surface area contributed by atoms with Gasteiger partial charge in [0.25, 0.3) is 0 Å². The molecule has 0 atom stereocenters. The first-order valence-corrected chi connectivity index (χ1v) is 22.3. The zero-order valence-corrected chi connectivity index (χ0v) is 37.9. The van der Waals surface area contributed by atoms with Crippen molar-refractivity contribution >= 4 is 85.7 Å².